The van der Waals surface area contributed by atoms with Crippen molar-refractivity contribution >= 4 is 17.7 Å². The van der Waals surface area contributed by atoms with Gasteiger partial charge in [0.15, 0.2) is 0 Å². The Morgan fingerprint density at radius 1 is 1.11 bits per heavy atom. The molecule has 7 nitrogen and oxygen atoms in total. The predicted octanol–water partition coefficient (Wildman–Crippen LogP) is 1.82. The largest absolute Gasteiger partial charge is 0.457 e. The molecule has 7 heteroatoms. The Balaban J connectivity index is 1.61. The molecule has 0 radical (unpaired) electrons. The lowest BCUT2D eigenvalue weighted by Crippen LogP contribution is -2.60. The van der Waals surface area contributed by atoms with Crippen molar-refractivity contribution in [3.63, 3.8) is 0 Å². The normalized spacial score (nSPS) is 19.4. The van der Waals surface area contributed by atoms with E-state index in [1.54, 1.807) is 6.07 Å². The van der Waals surface area contributed by atoms with Crippen LogP contribution >= 0.6 is 0 Å². The van der Waals surface area contributed by atoms with Gasteiger partial charge in [0.2, 0.25) is 5.91 Å². The highest BCUT2D eigenvalue weighted by Gasteiger charge is 2.32. The Labute approximate surface area is 165 Å². The summed E-state index contributed by atoms with van der Waals surface area (Å²) in [6, 6.07) is 13.2. The lowest BCUT2D eigenvalue weighted by molar-refractivity contribution is -0.134. The highest BCUT2D eigenvalue weighted by molar-refractivity contribution is 5.89. The minimum absolute atomic E-state index is 0.0206. The van der Waals surface area contributed by atoms with E-state index in [0.717, 1.165) is 11.4 Å². The van der Waals surface area contributed by atoms with Gasteiger partial charge in [-0.05, 0) is 31.5 Å². The molecule has 2 N–H and O–H groups in total. The van der Waals surface area contributed by atoms with Gasteiger partial charge in [0.1, 0.15) is 12.4 Å². The van der Waals surface area contributed by atoms with Crippen molar-refractivity contribution in [1.29, 1.82) is 0 Å². The van der Waals surface area contributed by atoms with Crippen LogP contribution in [0.1, 0.15) is 29.8 Å². The Bertz CT molecular complexity index is 798. The lowest BCUT2D eigenvalue weighted by Gasteiger charge is -2.44. The van der Waals surface area contributed by atoms with Gasteiger partial charge in [-0.25, -0.2) is 9.78 Å². The lowest BCUT2D eigenvalue weighted by atomic mass is 10.1. The Hall–Kier alpha value is -2.93. The number of carbonyl (C=O) groups excluding carboxylic acids is 2. The van der Waals surface area contributed by atoms with Gasteiger partial charge in [-0.2, -0.15) is 0 Å². The number of nitrogens with zero attached hydrogens (tertiary/aromatic N) is 3. The van der Waals surface area contributed by atoms with Crippen molar-refractivity contribution < 1.29 is 14.3 Å². The first-order valence-corrected chi connectivity index (χ1v) is 9.43. The zero-order chi connectivity index (χ0) is 20.1. The number of nitrogens with two attached hydrogens (primary N) is 1. The van der Waals surface area contributed by atoms with Crippen molar-refractivity contribution in [3.05, 3.63) is 59.8 Å². The molecule has 3 rings (SSSR count). The first-order chi connectivity index (χ1) is 13.5. The highest BCUT2D eigenvalue weighted by atomic mass is 16.5. The molecule has 148 valence electrons. The third-order valence-electron chi connectivity index (χ3n) is 4.90. The molecule has 1 aromatic carbocycles. The number of piperazine rings is 1. The number of hydrogen-bond acceptors (Lipinski definition) is 6. The second kappa shape index (κ2) is 8.84. The first-order valence-electron chi connectivity index (χ1n) is 9.43. The third-order valence-corrected chi connectivity index (χ3v) is 4.90. The molecule has 28 heavy (non-hydrogen) atoms. The SMILES string of the molecule is CC1CN(c2ccc(C(=O)OCc3ccccc3)cn2)CC(C)N1C(=O)CN. The van der Waals surface area contributed by atoms with Crippen molar-refractivity contribution in [3.8, 4) is 0 Å². The quantitative estimate of drug-likeness (QED) is 0.794. The number of hydrogen-bond donors (Lipinski definition) is 1. The Morgan fingerprint density at radius 2 is 1.79 bits per heavy atom. The standard InChI is InChI=1S/C21H26N4O3/c1-15-12-24(13-16(2)25(15)20(26)10-22)19-9-8-18(11-23-19)21(27)28-14-17-6-4-3-5-7-17/h3-9,11,15-16H,10,12-14,22H2,1-2H3. The first kappa shape index (κ1) is 19.8. The van der Waals surface area contributed by atoms with E-state index in [-0.39, 0.29) is 31.1 Å². The Morgan fingerprint density at radius 3 is 2.36 bits per heavy atom. The molecule has 2 heterocycles. The van der Waals surface area contributed by atoms with Gasteiger partial charge < -0.3 is 20.3 Å². The molecule has 0 spiro atoms. The minimum atomic E-state index is -0.400. The smallest absolute Gasteiger partial charge is 0.340 e. The van der Waals surface area contributed by atoms with E-state index in [9.17, 15) is 9.59 Å². The summed E-state index contributed by atoms with van der Waals surface area (Å²) in [6.45, 7) is 5.60. The maximum absolute atomic E-state index is 12.2. The van der Waals surface area contributed by atoms with Gasteiger partial charge in [0.25, 0.3) is 0 Å². The zero-order valence-corrected chi connectivity index (χ0v) is 16.2. The maximum atomic E-state index is 12.2. The summed E-state index contributed by atoms with van der Waals surface area (Å²) >= 11 is 0. The number of ether oxygens (including phenoxy) is 1. The van der Waals surface area contributed by atoms with Gasteiger partial charge in [0, 0.05) is 31.4 Å². The number of aromatic nitrogens is 1. The fourth-order valence-corrected chi connectivity index (χ4v) is 3.61. The van der Waals surface area contributed by atoms with Crippen LogP contribution in [0.3, 0.4) is 0 Å². The average Bonchev–Trinajstić information content (AvgIpc) is 2.72. The molecule has 1 aliphatic rings. The van der Waals surface area contributed by atoms with E-state index >= 15 is 0 Å². The van der Waals surface area contributed by atoms with Crippen molar-refractivity contribution in [2.45, 2.75) is 32.5 Å². The summed E-state index contributed by atoms with van der Waals surface area (Å²) in [5.74, 6) is 0.338. The van der Waals surface area contributed by atoms with E-state index in [4.69, 9.17) is 10.5 Å². The van der Waals surface area contributed by atoms with Gasteiger partial charge in [-0.3, -0.25) is 4.79 Å². The van der Waals surface area contributed by atoms with Gasteiger partial charge in [0.05, 0.1) is 12.1 Å². The van der Waals surface area contributed by atoms with Crippen molar-refractivity contribution in [1.82, 2.24) is 9.88 Å². The highest BCUT2D eigenvalue weighted by Crippen LogP contribution is 2.21. The van der Waals surface area contributed by atoms with E-state index in [0.29, 0.717) is 18.7 Å². The molecule has 1 amide bonds. The summed E-state index contributed by atoms with van der Waals surface area (Å²) in [6.07, 6.45) is 1.54. The van der Waals surface area contributed by atoms with E-state index in [1.807, 2.05) is 55.1 Å². The molecule has 0 saturated carbocycles. The topological polar surface area (TPSA) is 88.8 Å². The molecule has 1 fully saturated rings. The number of anilines is 1. The van der Waals surface area contributed by atoms with Crippen molar-refractivity contribution in [2.24, 2.45) is 5.73 Å². The van der Waals surface area contributed by atoms with Crippen LogP contribution < -0.4 is 10.6 Å². The Kier molecular flexibility index (Phi) is 6.26. The zero-order valence-electron chi connectivity index (χ0n) is 16.2. The van der Waals surface area contributed by atoms with Gasteiger partial charge in [-0.15, -0.1) is 0 Å². The summed E-state index contributed by atoms with van der Waals surface area (Å²) in [5, 5.41) is 0. The molecule has 1 aliphatic heterocycles. The maximum Gasteiger partial charge on any atom is 0.340 e. The number of amides is 1. The van der Waals surface area contributed by atoms with E-state index in [2.05, 4.69) is 9.88 Å². The number of rotatable bonds is 5. The van der Waals surface area contributed by atoms with Gasteiger partial charge in [-0.1, -0.05) is 30.3 Å². The second-order valence-corrected chi connectivity index (χ2v) is 7.07. The van der Waals surface area contributed by atoms with Crippen LogP contribution in [0.5, 0.6) is 0 Å². The fourth-order valence-electron chi connectivity index (χ4n) is 3.61. The molecule has 2 unspecified atom stereocenters. The monoisotopic (exact) mass is 382 g/mol. The van der Waals surface area contributed by atoms with Crippen LogP contribution in [0.25, 0.3) is 0 Å². The summed E-state index contributed by atoms with van der Waals surface area (Å²) in [5.41, 5.74) is 6.87. The number of esters is 1. The summed E-state index contributed by atoms with van der Waals surface area (Å²) < 4.78 is 5.34. The van der Waals surface area contributed by atoms with Crippen LogP contribution in [0.15, 0.2) is 48.7 Å². The molecule has 1 aromatic heterocycles. The molecular formula is C21H26N4O3. The number of carbonyl (C=O) groups is 2. The van der Waals surface area contributed by atoms with Crippen LogP contribution in [0, 0.1) is 0 Å². The predicted molar refractivity (Wildman–Crippen MR) is 107 cm³/mol. The van der Waals surface area contributed by atoms with Crippen LogP contribution in [0.2, 0.25) is 0 Å². The van der Waals surface area contributed by atoms with E-state index < -0.39 is 5.97 Å². The molecule has 1 saturated heterocycles. The van der Waals surface area contributed by atoms with Crippen molar-refractivity contribution in [2.75, 3.05) is 24.5 Å². The average molecular weight is 382 g/mol. The van der Waals surface area contributed by atoms with E-state index in [1.165, 1.54) is 6.20 Å². The number of benzene rings is 1. The molecular weight excluding hydrogens is 356 g/mol. The molecule has 2 atom stereocenters. The third kappa shape index (κ3) is 4.48. The van der Waals surface area contributed by atoms with Gasteiger partial charge >= 0.3 is 5.97 Å². The number of pyridine rings is 1. The summed E-state index contributed by atoms with van der Waals surface area (Å²) in [7, 11) is 0. The fraction of sp³-hybridized carbons (Fsp3) is 0.381. The van der Waals surface area contributed by atoms with Crippen LogP contribution in [-0.4, -0.2) is 53.5 Å². The molecule has 0 aliphatic carbocycles. The molecule has 0 bridgehead atoms. The second-order valence-electron chi connectivity index (χ2n) is 7.07. The molecule has 2 aromatic rings. The minimum Gasteiger partial charge on any atom is -0.457 e. The summed E-state index contributed by atoms with van der Waals surface area (Å²) in [4.78, 5) is 32.7. The van der Waals surface area contributed by atoms with Crippen LogP contribution in [-0.2, 0) is 16.1 Å². The van der Waals surface area contributed by atoms with Crippen LogP contribution in [0.4, 0.5) is 5.82 Å².